The maximum Gasteiger partial charge on any atom is 0.235 e. The van der Waals surface area contributed by atoms with E-state index in [-0.39, 0.29) is 11.5 Å². The normalized spacial score (nSPS) is 11.5. The van der Waals surface area contributed by atoms with Gasteiger partial charge in [0.25, 0.3) is 0 Å². The first-order chi connectivity index (χ1) is 9.69. The second kappa shape index (κ2) is 7.34. The highest BCUT2D eigenvalue weighted by Gasteiger charge is 2.14. The van der Waals surface area contributed by atoms with E-state index < -0.39 is 5.43 Å². The zero-order valence-corrected chi connectivity index (χ0v) is 12.3. The Morgan fingerprint density at radius 1 is 1.20 bits per heavy atom. The molecule has 0 amide bonds. The summed E-state index contributed by atoms with van der Waals surface area (Å²) in [6.07, 6.45) is 5.39. The molecule has 2 rings (SSSR count). The van der Waals surface area contributed by atoms with Crippen LogP contribution in [0.2, 0.25) is 0 Å². The molecule has 1 aromatic carbocycles. The minimum atomic E-state index is -0.407. The first-order valence-corrected chi connectivity index (χ1v) is 6.73. The number of rotatable bonds is 2. The molecule has 0 radical (unpaired) electrons. The van der Waals surface area contributed by atoms with Gasteiger partial charge in [-0.15, -0.1) is 0 Å². The van der Waals surface area contributed by atoms with Crippen molar-refractivity contribution in [3.8, 4) is 5.75 Å². The Hall–Kier alpha value is -2.29. The van der Waals surface area contributed by atoms with Gasteiger partial charge in [0.15, 0.2) is 5.76 Å². The predicted molar refractivity (Wildman–Crippen MR) is 84.0 cm³/mol. The van der Waals surface area contributed by atoms with E-state index in [1.54, 1.807) is 36.4 Å². The number of aromatic hydroxyl groups is 1. The summed E-state index contributed by atoms with van der Waals surface area (Å²) in [4.78, 5) is 12.0. The van der Waals surface area contributed by atoms with Crippen molar-refractivity contribution >= 4 is 16.5 Å². The Balaban J connectivity index is 0.000000956. The first kappa shape index (κ1) is 15.8. The number of para-hydroxylation sites is 1. The number of benzene rings is 1. The van der Waals surface area contributed by atoms with Gasteiger partial charge in [-0.25, -0.2) is 0 Å². The quantitative estimate of drug-likeness (QED) is 0.819. The zero-order valence-electron chi connectivity index (χ0n) is 12.3. The van der Waals surface area contributed by atoms with Crippen LogP contribution >= 0.6 is 0 Å². The predicted octanol–water partition coefficient (Wildman–Crippen LogP) is 4.50. The van der Waals surface area contributed by atoms with E-state index in [1.165, 1.54) is 0 Å². The largest absolute Gasteiger partial charge is 0.502 e. The summed E-state index contributed by atoms with van der Waals surface area (Å²) in [5.74, 6) is -0.140. The SMILES string of the molecule is C/C=C\C(=C/C)c1oc2ccccc2c(=O)c1O.CC. The molecule has 0 aliphatic rings. The molecule has 3 nitrogen and oxygen atoms in total. The summed E-state index contributed by atoms with van der Waals surface area (Å²) in [6.45, 7) is 7.68. The Kier molecular flexibility index (Phi) is 5.78. The van der Waals surface area contributed by atoms with Crippen LogP contribution < -0.4 is 5.43 Å². The van der Waals surface area contributed by atoms with Crippen LogP contribution in [0.25, 0.3) is 16.5 Å². The Bertz CT molecular complexity index is 691. The van der Waals surface area contributed by atoms with Crippen LogP contribution in [-0.4, -0.2) is 5.11 Å². The topological polar surface area (TPSA) is 50.4 Å². The summed E-state index contributed by atoms with van der Waals surface area (Å²) in [6, 6.07) is 6.87. The van der Waals surface area contributed by atoms with Crippen molar-refractivity contribution in [3.05, 3.63) is 58.5 Å². The monoisotopic (exact) mass is 272 g/mol. The van der Waals surface area contributed by atoms with Crippen molar-refractivity contribution in [3.63, 3.8) is 0 Å². The van der Waals surface area contributed by atoms with Crippen molar-refractivity contribution in [1.82, 2.24) is 0 Å². The van der Waals surface area contributed by atoms with Crippen LogP contribution in [0.15, 0.2) is 51.7 Å². The molecule has 0 fully saturated rings. The van der Waals surface area contributed by atoms with E-state index in [9.17, 15) is 9.90 Å². The minimum Gasteiger partial charge on any atom is -0.502 e. The summed E-state index contributed by atoms with van der Waals surface area (Å²) < 4.78 is 5.61. The fourth-order valence-corrected chi connectivity index (χ4v) is 1.81. The third-order valence-electron chi connectivity index (χ3n) is 2.69. The smallest absolute Gasteiger partial charge is 0.235 e. The maximum absolute atomic E-state index is 12.0. The number of hydrogen-bond donors (Lipinski definition) is 1. The van der Waals surface area contributed by atoms with Gasteiger partial charge in [0.1, 0.15) is 5.58 Å². The number of hydrogen-bond acceptors (Lipinski definition) is 3. The third kappa shape index (κ3) is 2.99. The molecule has 0 saturated heterocycles. The molecule has 0 saturated carbocycles. The number of fused-ring (bicyclic) bond motifs is 1. The lowest BCUT2D eigenvalue weighted by Gasteiger charge is -2.06. The van der Waals surface area contributed by atoms with Crippen molar-refractivity contribution in [2.24, 2.45) is 0 Å². The van der Waals surface area contributed by atoms with E-state index >= 15 is 0 Å². The van der Waals surface area contributed by atoms with Crippen LogP contribution in [0.4, 0.5) is 0 Å². The van der Waals surface area contributed by atoms with E-state index in [4.69, 9.17) is 4.42 Å². The second-order valence-corrected chi connectivity index (χ2v) is 3.85. The lowest BCUT2D eigenvalue weighted by atomic mass is 10.1. The fourth-order valence-electron chi connectivity index (χ4n) is 1.81. The molecule has 3 heteroatoms. The molecule has 1 heterocycles. The van der Waals surface area contributed by atoms with Gasteiger partial charge in [-0.2, -0.15) is 0 Å². The van der Waals surface area contributed by atoms with Crippen molar-refractivity contribution in [1.29, 1.82) is 0 Å². The molecular formula is C17H20O3. The Morgan fingerprint density at radius 2 is 1.85 bits per heavy atom. The van der Waals surface area contributed by atoms with Crippen LogP contribution in [0.5, 0.6) is 5.75 Å². The second-order valence-electron chi connectivity index (χ2n) is 3.85. The lowest BCUT2D eigenvalue weighted by molar-refractivity contribution is 0.436. The maximum atomic E-state index is 12.0. The standard InChI is InChI=1S/C15H14O3.C2H6/c1-3-7-10(4-2)15-14(17)13(16)11-8-5-6-9-12(11)18-15;1-2/h3-9,17H,1-2H3;1-2H3/b7-3-,10-4+;. The van der Waals surface area contributed by atoms with Gasteiger partial charge in [-0.1, -0.05) is 44.2 Å². The molecule has 0 spiro atoms. The Morgan fingerprint density at radius 3 is 2.45 bits per heavy atom. The summed E-state index contributed by atoms with van der Waals surface area (Å²) in [5.41, 5.74) is 0.743. The van der Waals surface area contributed by atoms with Crippen LogP contribution in [0, 0.1) is 0 Å². The molecule has 1 aromatic heterocycles. The van der Waals surface area contributed by atoms with Crippen LogP contribution in [0.3, 0.4) is 0 Å². The molecule has 0 unspecified atom stereocenters. The fraction of sp³-hybridized carbons (Fsp3) is 0.235. The molecule has 0 aliphatic carbocycles. The third-order valence-corrected chi connectivity index (χ3v) is 2.69. The number of allylic oxidation sites excluding steroid dienone is 4. The van der Waals surface area contributed by atoms with Crippen molar-refractivity contribution < 1.29 is 9.52 Å². The van der Waals surface area contributed by atoms with E-state index in [1.807, 2.05) is 33.8 Å². The van der Waals surface area contributed by atoms with Gasteiger partial charge in [-0.05, 0) is 26.0 Å². The van der Waals surface area contributed by atoms with Gasteiger partial charge < -0.3 is 9.52 Å². The summed E-state index contributed by atoms with van der Waals surface area (Å²) >= 11 is 0. The van der Waals surface area contributed by atoms with Crippen LogP contribution in [-0.2, 0) is 0 Å². The van der Waals surface area contributed by atoms with Gasteiger partial charge >= 0.3 is 0 Å². The highest BCUT2D eigenvalue weighted by Crippen LogP contribution is 2.27. The van der Waals surface area contributed by atoms with E-state index in [2.05, 4.69) is 0 Å². The molecule has 0 atom stereocenters. The van der Waals surface area contributed by atoms with Crippen LogP contribution in [0.1, 0.15) is 33.5 Å². The molecular weight excluding hydrogens is 252 g/mol. The molecule has 0 bridgehead atoms. The molecule has 20 heavy (non-hydrogen) atoms. The average molecular weight is 272 g/mol. The van der Waals surface area contributed by atoms with Gasteiger partial charge in [0.05, 0.1) is 5.39 Å². The highest BCUT2D eigenvalue weighted by molar-refractivity contribution is 5.82. The summed E-state index contributed by atoms with van der Waals surface area (Å²) in [7, 11) is 0. The van der Waals surface area contributed by atoms with Crippen molar-refractivity contribution in [2.45, 2.75) is 27.7 Å². The Labute approximate surface area is 118 Å². The van der Waals surface area contributed by atoms with Gasteiger partial charge in [0, 0.05) is 5.57 Å². The molecule has 1 N–H and O–H groups in total. The van der Waals surface area contributed by atoms with E-state index in [0.29, 0.717) is 16.5 Å². The average Bonchev–Trinajstić information content (AvgIpc) is 2.51. The molecule has 2 aromatic rings. The summed E-state index contributed by atoms with van der Waals surface area (Å²) in [5, 5.41) is 10.3. The van der Waals surface area contributed by atoms with Crippen molar-refractivity contribution in [2.75, 3.05) is 0 Å². The lowest BCUT2D eigenvalue weighted by Crippen LogP contribution is -2.03. The van der Waals surface area contributed by atoms with Gasteiger partial charge in [-0.3, -0.25) is 4.79 Å². The molecule has 106 valence electrons. The van der Waals surface area contributed by atoms with Gasteiger partial charge in [0.2, 0.25) is 11.2 Å². The molecule has 0 aliphatic heterocycles. The highest BCUT2D eigenvalue weighted by atomic mass is 16.4. The minimum absolute atomic E-state index is 0.208. The zero-order chi connectivity index (χ0) is 15.1. The van der Waals surface area contributed by atoms with E-state index in [0.717, 1.165) is 0 Å². The first-order valence-electron chi connectivity index (χ1n) is 6.73.